The van der Waals surface area contributed by atoms with Gasteiger partial charge in [0.05, 0.1) is 19.1 Å². The summed E-state index contributed by atoms with van der Waals surface area (Å²) in [5.74, 6) is 0.562. The normalized spacial score (nSPS) is 11.7. The fraction of sp³-hybridized carbons (Fsp3) is 0.467. The number of carbonyl (C=O) groups excluding carboxylic acids is 1. The maximum Gasteiger partial charge on any atom is 0.221 e. The molecule has 19 heavy (non-hydrogen) atoms. The summed E-state index contributed by atoms with van der Waals surface area (Å²) in [5, 5.41) is 12.0. The molecule has 0 spiro atoms. The summed E-state index contributed by atoms with van der Waals surface area (Å²) in [6, 6.07) is 9.45. The SMILES string of the molecule is COc1cccc(C(C#N)CC(=O)NCC(C)C)c1. The van der Waals surface area contributed by atoms with Crippen LogP contribution < -0.4 is 10.1 Å². The van der Waals surface area contributed by atoms with E-state index in [-0.39, 0.29) is 12.3 Å². The Labute approximate surface area is 114 Å². The number of hydrogen-bond acceptors (Lipinski definition) is 3. The van der Waals surface area contributed by atoms with Gasteiger partial charge in [-0.05, 0) is 23.6 Å². The molecule has 1 N–H and O–H groups in total. The molecule has 0 saturated heterocycles. The van der Waals surface area contributed by atoms with Crippen LogP contribution in [0.3, 0.4) is 0 Å². The highest BCUT2D eigenvalue weighted by Crippen LogP contribution is 2.23. The van der Waals surface area contributed by atoms with E-state index >= 15 is 0 Å². The van der Waals surface area contributed by atoms with Crippen LogP contribution in [0.15, 0.2) is 24.3 Å². The standard InChI is InChI=1S/C15H20N2O2/c1-11(2)10-17-15(18)8-13(9-16)12-5-4-6-14(7-12)19-3/h4-7,11,13H,8,10H2,1-3H3,(H,17,18). The molecule has 0 radical (unpaired) electrons. The third-order valence-corrected chi connectivity index (χ3v) is 2.75. The number of ether oxygens (including phenoxy) is 1. The maximum absolute atomic E-state index is 11.8. The van der Waals surface area contributed by atoms with Crippen molar-refractivity contribution in [1.29, 1.82) is 5.26 Å². The van der Waals surface area contributed by atoms with E-state index in [0.717, 1.165) is 5.56 Å². The van der Waals surface area contributed by atoms with E-state index in [0.29, 0.717) is 18.2 Å². The minimum Gasteiger partial charge on any atom is -0.497 e. The number of amides is 1. The van der Waals surface area contributed by atoms with Gasteiger partial charge in [-0.1, -0.05) is 26.0 Å². The average molecular weight is 260 g/mol. The summed E-state index contributed by atoms with van der Waals surface area (Å²) in [6.07, 6.45) is 0.177. The van der Waals surface area contributed by atoms with Crippen molar-refractivity contribution in [3.05, 3.63) is 29.8 Å². The van der Waals surface area contributed by atoms with E-state index < -0.39 is 5.92 Å². The zero-order valence-corrected chi connectivity index (χ0v) is 11.6. The molecular weight excluding hydrogens is 240 g/mol. The molecule has 4 nitrogen and oxygen atoms in total. The van der Waals surface area contributed by atoms with Gasteiger partial charge in [0.2, 0.25) is 5.91 Å². The van der Waals surface area contributed by atoms with Gasteiger partial charge < -0.3 is 10.1 Å². The summed E-state index contributed by atoms with van der Waals surface area (Å²) >= 11 is 0. The molecule has 0 aliphatic heterocycles. The number of hydrogen-bond donors (Lipinski definition) is 1. The number of benzene rings is 1. The van der Waals surface area contributed by atoms with Gasteiger partial charge in [-0.3, -0.25) is 4.79 Å². The van der Waals surface area contributed by atoms with Crippen LogP contribution in [0.5, 0.6) is 5.75 Å². The first-order valence-electron chi connectivity index (χ1n) is 6.37. The Morgan fingerprint density at radius 3 is 2.79 bits per heavy atom. The number of nitriles is 1. The molecule has 1 unspecified atom stereocenters. The van der Waals surface area contributed by atoms with Crippen LogP contribution in [0, 0.1) is 17.2 Å². The van der Waals surface area contributed by atoms with Crippen LogP contribution in [0.1, 0.15) is 31.7 Å². The first-order valence-corrected chi connectivity index (χ1v) is 6.37. The lowest BCUT2D eigenvalue weighted by Gasteiger charge is -2.12. The third-order valence-electron chi connectivity index (χ3n) is 2.75. The summed E-state index contributed by atoms with van der Waals surface area (Å²) in [7, 11) is 1.58. The first kappa shape index (κ1) is 15.0. The highest BCUT2D eigenvalue weighted by Gasteiger charge is 2.16. The Kier molecular flexibility index (Phi) is 5.87. The Morgan fingerprint density at radius 2 is 2.21 bits per heavy atom. The van der Waals surface area contributed by atoms with Gasteiger partial charge in [0.25, 0.3) is 0 Å². The molecule has 4 heteroatoms. The zero-order chi connectivity index (χ0) is 14.3. The lowest BCUT2D eigenvalue weighted by Crippen LogP contribution is -2.28. The molecule has 1 amide bonds. The fourth-order valence-corrected chi connectivity index (χ4v) is 1.67. The zero-order valence-electron chi connectivity index (χ0n) is 11.6. The monoisotopic (exact) mass is 260 g/mol. The number of carbonyl (C=O) groups is 1. The fourth-order valence-electron chi connectivity index (χ4n) is 1.67. The Hall–Kier alpha value is -2.02. The number of methoxy groups -OCH3 is 1. The van der Waals surface area contributed by atoms with E-state index in [9.17, 15) is 10.1 Å². The predicted octanol–water partition coefficient (Wildman–Crippen LogP) is 2.46. The van der Waals surface area contributed by atoms with E-state index in [1.165, 1.54) is 0 Å². The van der Waals surface area contributed by atoms with Crippen LogP contribution in [0.25, 0.3) is 0 Å². The van der Waals surface area contributed by atoms with Crippen molar-refractivity contribution in [2.45, 2.75) is 26.2 Å². The third kappa shape index (κ3) is 5.01. The second-order valence-corrected chi connectivity index (χ2v) is 4.86. The topological polar surface area (TPSA) is 62.1 Å². The second kappa shape index (κ2) is 7.42. The Bertz CT molecular complexity index is 463. The highest BCUT2D eigenvalue weighted by atomic mass is 16.5. The van der Waals surface area contributed by atoms with Crippen LogP contribution in [-0.2, 0) is 4.79 Å². The summed E-state index contributed by atoms with van der Waals surface area (Å²) in [6.45, 7) is 4.70. The number of rotatable bonds is 6. The van der Waals surface area contributed by atoms with Crippen molar-refractivity contribution >= 4 is 5.91 Å². The molecule has 0 aliphatic carbocycles. The molecule has 0 aliphatic rings. The van der Waals surface area contributed by atoms with E-state index in [4.69, 9.17) is 4.74 Å². The van der Waals surface area contributed by atoms with Crippen molar-refractivity contribution in [3.8, 4) is 11.8 Å². The first-order chi connectivity index (χ1) is 9.06. The molecular formula is C15H20N2O2. The van der Waals surface area contributed by atoms with Crippen molar-refractivity contribution in [1.82, 2.24) is 5.32 Å². The minimum absolute atomic E-state index is 0.0944. The molecule has 1 aromatic carbocycles. The van der Waals surface area contributed by atoms with Crippen LogP contribution in [0.4, 0.5) is 0 Å². The number of nitrogens with zero attached hydrogens (tertiary/aromatic N) is 1. The van der Waals surface area contributed by atoms with Crippen molar-refractivity contribution in [3.63, 3.8) is 0 Å². The molecule has 1 aromatic rings. The van der Waals surface area contributed by atoms with Gasteiger partial charge in [-0.2, -0.15) is 5.26 Å². The molecule has 0 heterocycles. The average Bonchev–Trinajstić information content (AvgIpc) is 2.42. The van der Waals surface area contributed by atoms with Crippen LogP contribution in [-0.4, -0.2) is 19.6 Å². The van der Waals surface area contributed by atoms with Crippen molar-refractivity contribution < 1.29 is 9.53 Å². The summed E-state index contributed by atoms with van der Waals surface area (Å²) in [4.78, 5) is 11.8. The van der Waals surface area contributed by atoms with Gasteiger partial charge >= 0.3 is 0 Å². The molecule has 1 atom stereocenters. The Morgan fingerprint density at radius 1 is 1.47 bits per heavy atom. The number of nitrogens with one attached hydrogen (secondary N) is 1. The lowest BCUT2D eigenvalue weighted by molar-refractivity contribution is -0.121. The van der Waals surface area contributed by atoms with Crippen LogP contribution in [0.2, 0.25) is 0 Å². The minimum atomic E-state index is -0.442. The van der Waals surface area contributed by atoms with Gasteiger partial charge in [0.1, 0.15) is 5.75 Å². The highest BCUT2D eigenvalue weighted by molar-refractivity contribution is 5.77. The van der Waals surface area contributed by atoms with Crippen molar-refractivity contribution in [2.24, 2.45) is 5.92 Å². The van der Waals surface area contributed by atoms with Gasteiger partial charge in [0, 0.05) is 13.0 Å². The molecule has 102 valence electrons. The van der Waals surface area contributed by atoms with Crippen molar-refractivity contribution in [2.75, 3.05) is 13.7 Å². The predicted molar refractivity (Wildman–Crippen MR) is 73.8 cm³/mol. The van der Waals surface area contributed by atoms with E-state index in [1.807, 2.05) is 32.0 Å². The molecule has 1 rings (SSSR count). The van der Waals surface area contributed by atoms with Gasteiger partial charge in [-0.25, -0.2) is 0 Å². The van der Waals surface area contributed by atoms with E-state index in [2.05, 4.69) is 11.4 Å². The second-order valence-electron chi connectivity index (χ2n) is 4.86. The van der Waals surface area contributed by atoms with Crippen LogP contribution >= 0.6 is 0 Å². The van der Waals surface area contributed by atoms with E-state index in [1.54, 1.807) is 13.2 Å². The van der Waals surface area contributed by atoms with Gasteiger partial charge in [-0.15, -0.1) is 0 Å². The molecule has 0 fully saturated rings. The molecule has 0 aromatic heterocycles. The summed E-state index contributed by atoms with van der Waals surface area (Å²) < 4.78 is 5.12. The molecule has 0 bridgehead atoms. The maximum atomic E-state index is 11.8. The lowest BCUT2D eigenvalue weighted by atomic mass is 9.96. The Balaban J connectivity index is 2.67. The largest absolute Gasteiger partial charge is 0.497 e. The molecule has 0 saturated carbocycles. The quantitative estimate of drug-likeness (QED) is 0.854. The smallest absolute Gasteiger partial charge is 0.221 e. The summed E-state index contributed by atoms with van der Waals surface area (Å²) in [5.41, 5.74) is 0.807. The van der Waals surface area contributed by atoms with Gasteiger partial charge in [0.15, 0.2) is 0 Å².